The molecule has 0 aliphatic rings. The molecule has 0 radical (unpaired) electrons. The summed E-state index contributed by atoms with van der Waals surface area (Å²) < 4.78 is 3.21. The molecule has 1 aromatic carbocycles. The first-order chi connectivity index (χ1) is 12.0. The van der Waals surface area contributed by atoms with Crippen LogP contribution in [0.15, 0.2) is 57.2 Å². The van der Waals surface area contributed by atoms with Gasteiger partial charge in [0.1, 0.15) is 0 Å². The number of thioether (sulfide) groups is 1. The van der Waals surface area contributed by atoms with E-state index in [1.54, 1.807) is 18.8 Å². The number of nitrogens with zero attached hydrogens (tertiary/aromatic N) is 3. The van der Waals surface area contributed by atoms with Gasteiger partial charge in [-0.05, 0) is 18.9 Å². The molecule has 130 valence electrons. The van der Waals surface area contributed by atoms with Gasteiger partial charge in [0.2, 0.25) is 0 Å². The summed E-state index contributed by atoms with van der Waals surface area (Å²) in [6.45, 7) is 6.33. The van der Waals surface area contributed by atoms with Crippen LogP contribution >= 0.6 is 11.8 Å². The molecule has 0 amide bonds. The summed E-state index contributed by atoms with van der Waals surface area (Å²) in [5.74, 6) is 0.829. The molecule has 0 fully saturated rings. The lowest BCUT2D eigenvalue weighted by Gasteiger charge is -2.08. The number of hydrogen-bond donors (Lipinski definition) is 1. The summed E-state index contributed by atoms with van der Waals surface area (Å²) in [5.41, 5.74) is 2.10. The molecule has 7 heteroatoms. The highest BCUT2D eigenvalue weighted by molar-refractivity contribution is 7.99. The fourth-order valence-corrected chi connectivity index (χ4v) is 3.63. The molecule has 0 saturated carbocycles. The van der Waals surface area contributed by atoms with E-state index in [2.05, 4.69) is 28.7 Å². The number of nitrogens with one attached hydrogen (secondary N) is 1. The van der Waals surface area contributed by atoms with Crippen molar-refractivity contribution in [1.29, 1.82) is 0 Å². The molecular formula is C18H20N4O2S. The number of allylic oxidation sites excluding steroid dienone is 1. The number of imidazole rings is 1. The van der Waals surface area contributed by atoms with Crippen LogP contribution in [0.25, 0.3) is 11.2 Å². The molecule has 2 aromatic heterocycles. The van der Waals surface area contributed by atoms with Crippen LogP contribution in [0.1, 0.15) is 12.5 Å². The summed E-state index contributed by atoms with van der Waals surface area (Å²) in [7, 11) is 1.61. The molecule has 0 unspecified atom stereocenters. The van der Waals surface area contributed by atoms with Crippen LogP contribution in [0.5, 0.6) is 0 Å². The van der Waals surface area contributed by atoms with Gasteiger partial charge in [-0.1, -0.05) is 54.2 Å². The van der Waals surface area contributed by atoms with E-state index in [9.17, 15) is 9.59 Å². The van der Waals surface area contributed by atoms with Crippen molar-refractivity contribution in [2.24, 2.45) is 7.05 Å². The first-order valence-electron chi connectivity index (χ1n) is 7.98. The zero-order valence-electron chi connectivity index (χ0n) is 14.3. The highest BCUT2D eigenvalue weighted by atomic mass is 32.2. The number of aryl methyl sites for hydroxylation is 2. The van der Waals surface area contributed by atoms with E-state index in [4.69, 9.17) is 0 Å². The molecule has 6 nitrogen and oxygen atoms in total. The van der Waals surface area contributed by atoms with E-state index >= 15 is 0 Å². The van der Waals surface area contributed by atoms with Crippen LogP contribution in [0.3, 0.4) is 0 Å². The van der Waals surface area contributed by atoms with E-state index < -0.39 is 11.2 Å². The fourth-order valence-electron chi connectivity index (χ4n) is 2.65. The molecular weight excluding hydrogens is 336 g/mol. The first-order valence-corrected chi connectivity index (χ1v) is 8.96. The van der Waals surface area contributed by atoms with Gasteiger partial charge in [0, 0.05) is 19.3 Å². The Balaban J connectivity index is 1.97. The predicted molar refractivity (Wildman–Crippen MR) is 101 cm³/mol. The van der Waals surface area contributed by atoms with Crippen molar-refractivity contribution in [3.05, 3.63) is 68.9 Å². The Bertz CT molecular complexity index is 1030. The summed E-state index contributed by atoms with van der Waals surface area (Å²) in [4.78, 5) is 31.0. The van der Waals surface area contributed by atoms with Crippen molar-refractivity contribution in [3.8, 4) is 0 Å². The number of aromatic amines is 1. The molecule has 1 N–H and O–H groups in total. The highest BCUT2D eigenvalue weighted by Gasteiger charge is 2.17. The minimum absolute atomic E-state index is 0.400. The van der Waals surface area contributed by atoms with Gasteiger partial charge in [-0.3, -0.25) is 14.3 Å². The highest BCUT2D eigenvalue weighted by Crippen LogP contribution is 2.23. The molecule has 3 rings (SSSR count). The zero-order valence-corrected chi connectivity index (χ0v) is 15.1. The van der Waals surface area contributed by atoms with Crippen LogP contribution in [-0.2, 0) is 20.0 Å². The van der Waals surface area contributed by atoms with Crippen molar-refractivity contribution < 1.29 is 0 Å². The van der Waals surface area contributed by atoms with Crippen LogP contribution in [0.2, 0.25) is 0 Å². The Labute approximate surface area is 149 Å². The monoisotopic (exact) mass is 356 g/mol. The van der Waals surface area contributed by atoms with E-state index in [1.165, 1.54) is 10.1 Å². The summed E-state index contributed by atoms with van der Waals surface area (Å²) in [5, 5.41) is 0.723. The Morgan fingerprint density at radius 3 is 2.68 bits per heavy atom. The van der Waals surface area contributed by atoms with Crippen molar-refractivity contribution in [3.63, 3.8) is 0 Å². The van der Waals surface area contributed by atoms with Crippen LogP contribution in [0.4, 0.5) is 0 Å². The Hall–Kier alpha value is -2.54. The number of fused-ring (bicyclic) bond motifs is 1. The second-order valence-electron chi connectivity index (χ2n) is 6.01. The molecule has 2 heterocycles. The van der Waals surface area contributed by atoms with Gasteiger partial charge in [0.05, 0.1) is 0 Å². The minimum atomic E-state index is -0.460. The molecule has 0 saturated heterocycles. The zero-order chi connectivity index (χ0) is 18.0. The summed E-state index contributed by atoms with van der Waals surface area (Å²) >= 11 is 1.58. The number of aromatic nitrogens is 4. The van der Waals surface area contributed by atoms with Gasteiger partial charge in [0.25, 0.3) is 5.56 Å². The average molecular weight is 356 g/mol. The smallest absolute Gasteiger partial charge is 0.309 e. The number of rotatable bonds is 6. The minimum Gasteiger partial charge on any atom is -0.309 e. The van der Waals surface area contributed by atoms with Crippen molar-refractivity contribution >= 4 is 22.9 Å². The summed E-state index contributed by atoms with van der Waals surface area (Å²) in [6.07, 6.45) is 0.900. The third-order valence-electron chi connectivity index (χ3n) is 3.86. The van der Waals surface area contributed by atoms with Crippen molar-refractivity contribution in [1.82, 2.24) is 19.1 Å². The fraction of sp³-hybridized carbons (Fsp3) is 0.278. The normalized spacial score (nSPS) is 11.1. The molecule has 0 atom stereocenters. The van der Waals surface area contributed by atoms with Gasteiger partial charge in [-0.25, -0.2) is 9.78 Å². The maximum atomic E-state index is 12.3. The Kier molecular flexibility index (Phi) is 4.94. The van der Waals surface area contributed by atoms with E-state index in [0.717, 1.165) is 22.9 Å². The molecule has 0 bridgehead atoms. The lowest BCUT2D eigenvalue weighted by molar-refractivity contribution is 0.719. The largest absolute Gasteiger partial charge is 0.329 e. The van der Waals surface area contributed by atoms with Crippen LogP contribution < -0.4 is 11.2 Å². The third-order valence-corrected chi connectivity index (χ3v) is 4.84. The van der Waals surface area contributed by atoms with Gasteiger partial charge >= 0.3 is 5.69 Å². The van der Waals surface area contributed by atoms with Gasteiger partial charge in [-0.2, -0.15) is 0 Å². The van der Waals surface area contributed by atoms with E-state index in [-0.39, 0.29) is 0 Å². The second-order valence-corrected chi connectivity index (χ2v) is 7.07. The lowest BCUT2D eigenvalue weighted by Crippen LogP contribution is -2.29. The number of H-pyrrole nitrogens is 1. The molecule has 0 spiro atoms. The third kappa shape index (κ3) is 3.61. The number of hydrogen-bond acceptors (Lipinski definition) is 4. The Morgan fingerprint density at radius 1 is 1.28 bits per heavy atom. The van der Waals surface area contributed by atoms with Crippen molar-refractivity contribution in [2.75, 3.05) is 5.75 Å². The quantitative estimate of drug-likeness (QED) is 0.543. The van der Waals surface area contributed by atoms with Crippen molar-refractivity contribution in [2.45, 2.75) is 25.0 Å². The average Bonchev–Trinajstić information content (AvgIpc) is 2.92. The molecule has 3 aromatic rings. The van der Waals surface area contributed by atoms with Gasteiger partial charge in [0.15, 0.2) is 16.3 Å². The van der Waals surface area contributed by atoms with Gasteiger partial charge < -0.3 is 4.57 Å². The Morgan fingerprint density at radius 2 is 2.00 bits per heavy atom. The topological polar surface area (TPSA) is 72.7 Å². The SMILES string of the molecule is C=C(C)Cn1c(SCCc2ccccc2)nc2c1c(=O)[nH]c(=O)n2C. The molecule has 25 heavy (non-hydrogen) atoms. The predicted octanol–water partition coefficient (Wildman–Crippen LogP) is 2.33. The lowest BCUT2D eigenvalue weighted by atomic mass is 10.2. The maximum absolute atomic E-state index is 12.3. The number of benzene rings is 1. The first kappa shape index (κ1) is 17.3. The van der Waals surface area contributed by atoms with Crippen LogP contribution in [-0.4, -0.2) is 24.9 Å². The summed E-state index contributed by atoms with van der Waals surface area (Å²) in [6, 6.07) is 10.2. The second kappa shape index (κ2) is 7.14. The standard InChI is InChI=1S/C18H20N4O2S/c1-12(2)11-22-14-15(21(3)17(24)20-16(14)23)19-18(22)25-10-9-13-7-5-4-6-8-13/h4-8H,1,9-11H2,2-3H3,(H,20,23,24). The van der Waals surface area contributed by atoms with Gasteiger partial charge in [-0.15, -0.1) is 0 Å². The molecule has 0 aliphatic carbocycles. The van der Waals surface area contributed by atoms with E-state index in [0.29, 0.717) is 17.7 Å². The molecule has 0 aliphatic heterocycles. The van der Waals surface area contributed by atoms with Crippen LogP contribution in [0, 0.1) is 0 Å². The maximum Gasteiger partial charge on any atom is 0.329 e. The van der Waals surface area contributed by atoms with E-state index in [1.807, 2.05) is 29.7 Å².